The standard InChI is InChI=1S/C18H18ClN3O3/c1-10-13-6-3-7-14(19)16(13)24-15(10)18(23)22-8-4-5-12(9-22)17-20-11(2)21-25-17/h3,6-7,12H,4-5,8-9H2,1-2H3/t12-/m0/s1. The van der Waals surface area contributed by atoms with Gasteiger partial charge >= 0.3 is 0 Å². The summed E-state index contributed by atoms with van der Waals surface area (Å²) in [5, 5.41) is 5.23. The first-order chi connectivity index (χ1) is 12.0. The van der Waals surface area contributed by atoms with Gasteiger partial charge in [-0.3, -0.25) is 4.79 Å². The predicted molar refractivity (Wildman–Crippen MR) is 92.9 cm³/mol. The zero-order chi connectivity index (χ0) is 17.6. The van der Waals surface area contributed by atoms with Crippen molar-refractivity contribution in [3.05, 3.63) is 46.3 Å². The number of furan rings is 1. The number of halogens is 1. The zero-order valence-electron chi connectivity index (χ0n) is 14.1. The first-order valence-electron chi connectivity index (χ1n) is 8.31. The van der Waals surface area contributed by atoms with Crippen LogP contribution in [0.5, 0.6) is 0 Å². The molecule has 7 heteroatoms. The molecular formula is C18H18ClN3O3. The molecule has 25 heavy (non-hydrogen) atoms. The molecule has 4 rings (SSSR count). The molecule has 130 valence electrons. The Morgan fingerprint density at radius 2 is 2.20 bits per heavy atom. The van der Waals surface area contributed by atoms with Gasteiger partial charge in [0.1, 0.15) is 0 Å². The molecule has 2 aromatic heterocycles. The summed E-state index contributed by atoms with van der Waals surface area (Å²) in [6.07, 6.45) is 1.81. The Morgan fingerprint density at radius 3 is 2.92 bits per heavy atom. The summed E-state index contributed by atoms with van der Waals surface area (Å²) in [5.41, 5.74) is 1.38. The molecule has 0 unspecified atom stereocenters. The lowest BCUT2D eigenvalue weighted by Gasteiger charge is -2.30. The van der Waals surface area contributed by atoms with E-state index in [4.69, 9.17) is 20.5 Å². The van der Waals surface area contributed by atoms with Gasteiger partial charge in [0.15, 0.2) is 17.2 Å². The van der Waals surface area contributed by atoms with Crippen LogP contribution in [-0.4, -0.2) is 34.0 Å². The Labute approximate surface area is 149 Å². The summed E-state index contributed by atoms with van der Waals surface area (Å²) in [5.74, 6) is 1.50. The van der Waals surface area contributed by atoms with Crippen molar-refractivity contribution >= 4 is 28.5 Å². The van der Waals surface area contributed by atoms with Gasteiger partial charge in [-0.1, -0.05) is 28.9 Å². The number of fused-ring (bicyclic) bond motifs is 1. The van der Waals surface area contributed by atoms with Gasteiger partial charge in [-0.2, -0.15) is 4.98 Å². The highest BCUT2D eigenvalue weighted by Gasteiger charge is 2.31. The average molecular weight is 360 g/mol. The Morgan fingerprint density at radius 1 is 1.36 bits per heavy atom. The van der Waals surface area contributed by atoms with Crippen LogP contribution in [0, 0.1) is 13.8 Å². The summed E-state index contributed by atoms with van der Waals surface area (Å²) < 4.78 is 11.1. The second-order valence-electron chi connectivity index (χ2n) is 6.44. The molecule has 1 fully saturated rings. The van der Waals surface area contributed by atoms with Gasteiger partial charge in [0.25, 0.3) is 5.91 Å². The minimum absolute atomic E-state index is 0.0622. The molecule has 0 spiro atoms. The van der Waals surface area contributed by atoms with Crippen molar-refractivity contribution in [2.75, 3.05) is 13.1 Å². The van der Waals surface area contributed by atoms with Crippen molar-refractivity contribution in [1.82, 2.24) is 15.0 Å². The van der Waals surface area contributed by atoms with Crippen LogP contribution >= 0.6 is 11.6 Å². The van der Waals surface area contributed by atoms with Gasteiger partial charge in [-0.25, -0.2) is 0 Å². The Bertz CT molecular complexity index is 946. The van der Waals surface area contributed by atoms with E-state index in [1.807, 2.05) is 19.1 Å². The van der Waals surface area contributed by atoms with Crippen molar-refractivity contribution in [2.45, 2.75) is 32.6 Å². The van der Waals surface area contributed by atoms with E-state index in [-0.39, 0.29) is 11.8 Å². The number of rotatable bonds is 2. The highest BCUT2D eigenvalue weighted by Crippen LogP contribution is 2.33. The number of amides is 1. The third-order valence-corrected chi connectivity index (χ3v) is 5.01. The fourth-order valence-electron chi connectivity index (χ4n) is 3.40. The number of aryl methyl sites for hydroxylation is 2. The Kier molecular flexibility index (Phi) is 4.00. The lowest BCUT2D eigenvalue weighted by molar-refractivity contribution is 0.0665. The number of hydrogen-bond acceptors (Lipinski definition) is 5. The van der Waals surface area contributed by atoms with E-state index in [1.165, 1.54) is 0 Å². The molecule has 6 nitrogen and oxygen atoms in total. The van der Waals surface area contributed by atoms with Crippen LogP contribution < -0.4 is 0 Å². The first kappa shape index (κ1) is 16.1. The molecule has 0 aliphatic carbocycles. The summed E-state index contributed by atoms with van der Waals surface area (Å²) in [7, 11) is 0. The normalized spacial score (nSPS) is 18.0. The van der Waals surface area contributed by atoms with E-state index < -0.39 is 0 Å². The number of para-hydroxylation sites is 1. The van der Waals surface area contributed by atoms with Crippen LogP contribution in [0.15, 0.2) is 27.1 Å². The fourth-order valence-corrected chi connectivity index (χ4v) is 3.61. The van der Waals surface area contributed by atoms with Crippen molar-refractivity contribution in [3.8, 4) is 0 Å². The maximum Gasteiger partial charge on any atom is 0.289 e. The lowest BCUT2D eigenvalue weighted by atomic mass is 9.97. The third kappa shape index (κ3) is 2.80. The van der Waals surface area contributed by atoms with Gasteiger partial charge in [0.2, 0.25) is 5.89 Å². The van der Waals surface area contributed by atoms with Gasteiger partial charge in [0.05, 0.1) is 10.9 Å². The summed E-state index contributed by atoms with van der Waals surface area (Å²) >= 11 is 6.19. The molecule has 3 aromatic rings. The zero-order valence-corrected chi connectivity index (χ0v) is 14.8. The van der Waals surface area contributed by atoms with E-state index in [2.05, 4.69) is 10.1 Å². The monoisotopic (exact) mass is 359 g/mol. The van der Waals surface area contributed by atoms with Crippen molar-refractivity contribution in [2.24, 2.45) is 0 Å². The van der Waals surface area contributed by atoms with Crippen LogP contribution in [0.2, 0.25) is 5.02 Å². The van der Waals surface area contributed by atoms with Gasteiger partial charge in [-0.15, -0.1) is 0 Å². The fraction of sp³-hybridized carbons (Fsp3) is 0.389. The van der Waals surface area contributed by atoms with Crippen LogP contribution in [0.1, 0.15) is 46.6 Å². The Balaban J connectivity index is 1.62. The quantitative estimate of drug-likeness (QED) is 0.688. The van der Waals surface area contributed by atoms with Crippen LogP contribution in [0.4, 0.5) is 0 Å². The smallest absolute Gasteiger partial charge is 0.289 e. The van der Waals surface area contributed by atoms with E-state index in [0.717, 1.165) is 23.8 Å². The number of hydrogen-bond donors (Lipinski definition) is 0. The molecule has 1 aromatic carbocycles. The second kappa shape index (κ2) is 6.19. The molecular weight excluding hydrogens is 342 g/mol. The number of carbonyl (C=O) groups is 1. The molecule has 3 heterocycles. The molecule has 1 atom stereocenters. The van der Waals surface area contributed by atoms with Crippen LogP contribution in [0.25, 0.3) is 11.0 Å². The molecule has 1 aliphatic heterocycles. The highest BCUT2D eigenvalue weighted by molar-refractivity contribution is 6.35. The molecule has 0 saturated carbocycles. The number of nitrogens with zero attached hydrogens (tertiary/aromatic N) is 3. The Hall–Kier alpha value is -2.34. The first-order valence-corrected chi connectivity index (χ1v) is 8.69. The minimum Gasteiger partial charge on any atom is -0.449 e. The largest absolute Gasteiger partial charge is 0.449 e. The number of carbonyl (C=O) groups excluding carboxylic acids is 1. The second-order valence-corrected chi connectivity index (χ2v) is 6.85. The van der Waals surface area contributed by atoms with E-state index in [9.17, 15) is 4.79 Å². The average Bonchev–Trinajstić information content (AvgIpc) is 3.20. The minimum atomic E-state index is -0.120. The third-order valence-electron chi connectivity index (χ3n) is 4.71. The molecule has 1 saturated heterocycles. The maximum absolute atomic E-state index is 13.0. The van der Waals surface area contributed by atoms with Crippen molar-refractivity contribution in [1.29, 1.82) is 0 Å². The number of benzene rings is 1. The van der Waals surface area contributed by atoms with E-state index in [1.54, 1.807) is 17.9 Å². The molecule has 0 radical (unpaired) electrons. The van der Waals surface area contributed by atoms with Crippen LogP contribution in [0.3, 0.4) is 0 Å². The molecule has 0 bridgehead atoms. The number of piperidine rings is 1. The topological polar surface area (TPSA) is 72.4 Å². The SMILES string of the molecule is Cc1noc([C@H]2CCCN(C(=O)c3oc4c(Cl)cccc4c3C)C2)n1. The van der Waals surface area contributed by atoms with Crippen LogP contribution in [-0.2, 0) is 0 Å². The van der Waals surface area contributed by atoms with E-state index in [0.29, 0.717) is 41.2 Å². The molecule has 0 N–H and O–H groups in total. The van der Waals surface area contributed by atoms with E-state index >= 15 is 0 Å². The molecule has 1 aliphatic rings. The van der Waals surface area contributed by atoms with Gasteiger partial charge < -0.3 is 13.8 Å². The van der Waals surface area contributed by atoms with Gasteiger partial charge in [0, 0.05) is 24.0 Å². The van der Waals surface area contributed by atoms with Gasteiger partial charge in [-0.05, 0) is 32.8 Å². The summed E-state index contributed by atoms with van der Waals surface area (Å²) in [6, 6.07) is 5.53. The highest BCUT2D eigenvalue weighted by atomic mass is 35.5. The predicted octanol–water partition coefficient (Wildman–Crippen LogP) is 4.11. The summed E-state index contributed by atoms with van der Waals surface area (Å²) in [6.45, 7) is 4.91. The lowest BCUT2D eigenvalue weighted by Crippen LogP contribution is -2.39. The van der Waals surface area contributed by atoms with Crippen molar-refractivity contribution in [3.63, 3.8) is 0 Å². The van der Waals surface area contributed by atoms with Crippen molar-refractivity contribution < 1.29 is 13.7 Å². The number of likely N-dealkylation sites (tertiary alicyclic amines) is 1. The summed E-state index contributed by atoms with van der Waals surface area (Å²) in [4.78, 5) is 19.1. The number of aromatic nitrogens is 2. The maximum atomic E-state index is 13.0. The molecule has 1 amide bonds.